The number of nitro benzene ring substituents is 1. The first-order valence-electron chi connectivity index (χ1n) is 8.19. The van der Waals surface area contributed by atoms with Gasteiger partial charge in [-0.1, -0.05) is 12.1 Å². The van der Waals surface area contributed by atoms with E-state index in [4.69, 9.17) is 0 Å². The quantitative estimate of drug-likeness (QED) is 0.482. The van der Waals surface area contributed by atoms with E-state index in [9.17, 15) is 23.3 Å². The average molecular weight is 387 g/mol. The maximum Gasteiger partial charge on any atom is 0.269 e. The SMILES string of the molecule is O=C(/C=C/c1ccc(N2CCCS2(=O)=O)cc1)Nc1ccc([N+](=O)[O-])cc1. The standard InChI is InChI=1S/C18H17N3O5S/c22-18(19-15-5-9-17(10-6-15)21(23)24)11-4-14-2-7-16(8-3-14)20-12-1-13-27(20,25)26/h2-11H,1,12-13H2,(H,19,22)/b11-4+. The zero-order valence-corrected chi connectivity index (χ0v) is 15.1. The fraction of sp³-hybridized carbons (Fsp3) is 0.167. The fourth-order valence-electron chi connectivity index (χ4n) is 2.70. The van der Waals surface area contributed by atoms with Gasteiger partial charge in [0.2, 0.25) is 15.9 Å². The minimum Gasteiger partial charge on any atom is -0.323 e. The Morgan fingerprint density at radius 2 is 1.78 bits per heavy atom. The molecule has 0 aromatic heterocycles. The van der Waals surface area contributed by atoms with E-state index in [0.717, 1.165) is 5.56 Å². The second kappa shape index (κ2) is 7.58. The van der Waals surface area contributed by atoms with Gasteiger partial charge in [-0.25, -0.2) is 8.42 Å². The first kappa shape index (κ1) is 18.6. The predicted molar refractivity (Wildman–Crippen MR) is 103 cm³/mol. The lowest BCUT2D eigenvalue weighted by Crippen LogP contribution is -2.24. The maximum atomic E-state index is 11.9. The maximum absolute atomic E-state index is 11.9. The van der Waals surface area contributed by atoms with Gasteiger partial charge in [-0.05, 0) is 42.3 Å². The van der Waals surface area contributed by atoms with Gasteiger partial charge in [-0.2, -0.15) is 0 Å². The number of sulfonamides is 1. The molecule has 0 bridgehead atoms. The molecular formula is C18H17N3O5S. The van der Waals surface area contributed by atoms with Crippen molar-refractivity contribution < 1.29 is 18.1 Å². The molecule has 1 N–H and O–H groups in total. The topological polar surface area (TPSA) is 110 Å². The molecule has 0 saturated carbocycles. The van der Waals surface area contributed by atoms with E-state index in [-0.39, 0.29) is 17.3 Å². The lowest BCUT2D eigenvalue weighted by Gasteiger charge is -2.16. The molecule has 27 heavy (non-hydrogen) atoms. The minimum absolute atomic E-state index is 0.0522. The summed E-state index contributed by atoms with van der Waals surface area (Å²) in [5.41, 5.74) is 1.75. The molecule has 0 aliphatic carbocycles. The van der Waals surface area contributed by atoms with E-state index < -0.39 is 14.9 Å². The second-order valence-electron chi connectivity index (χ2n) is 5.96. The molecule has 2 aromatic rings. The van der Waals surface area contributed by atoms with Crippen molar-refractivity contribution >= 4 is 39.1 Å². The monoisotopic (exact) mass is 387 g/mol. The van der Waals surface area contributed by atoms with Crippen molar-refractivity contribution in [2.24, 2.45) is 0 Å². The van der Waals surface area contributed by atoms with Crippen LogP contribution in [-0.2, 0) is 14.8 Å². The summed E-state index contributed by atoms with van der Waals surface area (Å²) >= 11 is 0. The van der Waals surface area contributed by atoms with E-state index >= 15 is 0 Å². The van der Waals surface area contributed by atoms with Crippen LogP contribution in [0.25, 0.3) is 6.08 Å². The number of nitro groups is 1. The van der Waals surface area contributed by atoms with Gasteiger partial charge in [0, 0.05) is 30.4 Å². The number of carbonyl (C=O) groups is 1. The number of nitrogens with zero attached hydrogens (tertiary/aromatic N) is 2. The van der Waals surface area contributed by atoms with Gasteiger partial charge in [0.05, 0.1) is 16.4 Å². The number of hydrogen-bond acceptors (Lipinski definition) is 5. The molecule has 3 rings (SSSR count). The zero-order valence-electron chi connectivity index (χ0n) is 14.2. The van der Waals surface area contributed by atoms with Crippen LogP contribution in [0.5, 0.6) is 0 Å². The second-order valence-corrected chi connectivity index (χ2v) is 7.97. The van der Waals surface area contributed by atoms with Crippen LogP contribution in [-0.4, -0.2) is 31.5 Å². The predicted octanol–water partition coefficient (Wildman–Crippen LogP) is 2.79. The van der Waals surface area contributed by atoms with Crippen LogP contribution >= 0.6 is 0 Å². The zero-order chi connectivity index (χ0) is 19.4. The normalized spacial score (nSPS) is 15.8. The number of benzene rings is 2. The first-order valence-corrected chi connectivity index (χ1v) is 9.80. The Labute approximate surface area is 156 Å². The Morgan fingerprint density at radius 3 is 2.33 bits per heavy atom. The average Bonchev–Trinajstić information content (AvgIpc) is 3.00. The Kier molecular flexibility index (Phi) is 5.22. The lowest BCUT2D eigenvalue weighted by atomic mass is 10.2. The largest absolute Gasteiger partial charge is 0.323 e. The van der Waals surface area contributed by atoms with E-state index in [2.05, 4.69) is 5.32 Å². The minimum atomic E-state index is -3.21. The summed E-state index contributed by atoms with van der Waals surface area (Å²) in [5.74, 6) is -0.215. The van der Waals surface area contributed by atoms with Gasteiger partial charge in [-0.15, -0.1) is 0 Å². The van der Waals surface area contributed by atoms with Crippen molar-refractivity contribution in [1.29, 1.82) is 0 Å². The molecule has 1 aliphatic heterocycles. The van der Waals surface area contributed by atoms with Gasteiger partial charge >= 0.3 is 0 Å². The highest BCUT2D eigenvalue weighted by Crippen LogP contribution is 2.24. The van der Waals surface area contributed by atoms with Gasteiger partial charge in [0.15, 0.2) is 0 Å². The Morgan fingerprint density at radius 1 is 1.11 bits per heavy atom. The van der Waals surface area contributed by atoms with Crippen molar-refractivity contribution in [3.63, 3.8) is 0 Å². The fourth-order valence-corrected chi connectivity index (χ4v) is 4.27. The van der Waals surface area contributed by atoms with Crippen LogP contribution in [0, 0.1) is 10.1 Å². The summed E-state index contributed by atoms with van der Waals surface area (Å²) in [6.45, 7) is 0.481. The highest BCUT2D eigenvalue weighted by molar-refractivity contribution is 7.93. The first-order chi connectivity index (χ1) is 12.8. The molecule has 9 heteroatoms. The molecule has 1 aliphatic rings. The number of rotatable bonds is 5. The Hall–Kier alpha value is -3.20. The van der Waals surface area contributed by atoms with Crippen LogP contribution in [0.3, 0.4) is 0 Å². The number of non-ortho nitro benzene ring substituents is 1. The summed E-state index contributed by atoms with van der Waals surface area (Å²) in [6.07, 6.45) is 3.55. The summed E-state index contributed by atoms with van der Waals surface area (Å²) < 4.78 is 25.2. The molecule has 140 valence electrons. The van der Waals surface area contributed by atoms with Gasteiger partial charge in [0.25, 0.3) is 5.69 Å². The van der Waals surface area contributed by atoms with Crippen LogP contribution in [0.2, 0.25) is 0 Å². The molecule has 0 spiro atoms. The number of carbonyl (C=O) groups excluding carboxylic acids is 1. The van der Waals surface area contributed by atoms with Gasteiger partial charge in [0.1, 0.15) is 0 Å². The van der Waals surface area contributed by atoms with Crippen LogP contribution in [0.15, 0.2) is 54.6 Å². The molecule has 1 heterocycles. The highest BCUT2D eigenvalue weighted by atomic mass is 32.2. The smallest absolute Gasteiger partial charge is 0.269 e. The Bertz CT molecular complexity index is 983. The molecule has 0 atom stereocenters. The molecular weight excluding hydrogens is 370 g/mol. The van der Waals surface area contributed by atoms with Crippen molar-refractivity contribution in [1.82, 2.24) is 0 Å². The summed E-state index contributed by atoms with van der Waals surface area (Å²) in [5, 5.41) is 13.2. The molecule has 0 radical (unpaired) electrons. The van der Waals surface area contributed by atoms with Crippen molar-refractivity contribution in [2.75, 3.05) is 21.9 Å². The van der Waals surface area contributed by atoms with E-state index in [0.29, 0.717) is 24.3 Å². The van der Waals surface area contributed by atoms with Crippen LogP contribution in [0.4, 0.5) is 17.1 Å². The van der Waals surface area contributed by atoms with E-state index in [1.54, 1.807) is 30.3 Å². The van der Waals surface area contributed by atoms with Crippen molar-refractivity contribution in [3.8, 4) is 0 Å². The highest BCUT2D eigenvalue weighted by Gasteiger charge is 2.28. The molecule has 0 unspecified atom stereocenters. The van der Waals surface area contributed by atoms with Gasteiger partial charge < -0.3 is 5.32 Å². The lowest BCUT2D eigenvalue weighted by molar-refractivity contribution is -0.384. The van der Waals surface area contributed by atoms with Crippen LogP contribution < -0.4 is 9.62 Å². The third-order valence-corrected chi connectivity index (χ3v) is 5.92. The number of nitrogens with one attached hydrogen (secondary N) is 1. The van der Waals surface area contributed by atoms with Crippen LogP contribution in [0.1, 0.15) is 12.0 Å². The molecule has 1 amide bonds. The number of anilines is 2. The number of hydrogen-bond donors (Lipinski definition) is 1. The number of amides is 1. The van der Waals surface area contributed by atoms with E-state index in [1.165, 1.54) is 34.6 Å². The summed E-state index contributed by atoms with van der Waals surface area (Å²) in [6, 6.07) is 12.4. The summed E-state index contributed by atoms with van der Waals surface area (Å²) in [7, 11) is -3.21. The molecule has 1 fully saturated rings. The third-order valence-electron chi connectivity index (χ3n) is 4.05. The van der Waals surface area contributed by atoms with Crippen molar-refractivity contribution in [3.05, 3.63) is 70.3 Å². The van der Waals surface area contributed by atoms with Gasteiger partial charge in [-0.3, -0.25) is 19.2 Å². The molecule has 8 nitrogen and oxygen atoms in total. The summed E-state index contributed by atoms with van der Waals surface area (Å²) in [4.78, 5) is 22.0. The third kappa shape index (κ3) is 4.50. The van der Waals surface area contributed by atoms with E-state index in [1.807, 2.05) is 0 Å². The molecule has 1 saturated heterocycles. The Balaban J connectivity index is 1.62. The van der Waals surface area contributed by atoms with Crippen molar-refractivity contribution in [2.45, 2.75) is 6.42 Å². The molecule has 2 aromatic carbocycles.